The lowest BCUT2D eigenvalue weighted by molar-refractivity contribution is -0.658. The average molecular weight is 498 g/mol. The number of pyridine rings is 1. The first kappa shape index (κ1) is 26.0. The smallest absolute Gasteiger partial charge is 0.286 e. The number of benzene rings is 2. The third-order valence-electron chi connectivity index (χ3n) is 5.73. The largest absolute Gasteiger partial charge is 1.00 e. The highest BCUT2D eigenvalue weighted by Gasteiger charge is 2.22. The van der Waals surface area contributed by atoms with Crippen LogP contribution in [0.15, 0.2) is 70.7 Å². The summed E-state index contributed by atoms with van der Waals surface area (Å²) in [6.07, 6.45) is 6.12. The molecular formula is C26H32ClN5OS. The van der Waals surface area contributed by atoms with Crippen molar-refractivity contribution in [3.63, 3.8) is 0 Å². The topological polar surface area (TPSA) is 74.3 Å². The van der Waals surface area contributed by atoms with E-state index in [0.717, 1.165) is 42.4 Å². The SMILES string of the molecule is CN1/C(=C/c2cc[n+](CC(=O)NCCCNCCCN)c3ccccc23)Sc2ccccc21.[Cl-]. The Kier molecular flexibility index (Phi) is 9.77. The number of carbonyl (C=O) groups is 1. The molecule has 8 heteroatoms. The maximum Gasteiger partial charge on any atom is 0.286 e. The number of hydrogen-bond acceptors (Lipinski definition) is 5. The second-order valence-corrected chi connectivity index (χ2v) is 9.19. The van der Waals surface area contributed by atoms with Gasteiger partial charge in [-0.1, -0.05) is 36.0 Å². The zero-order valence-corrected chi connectivity index (χ0v) is 21.0. The van der Waals surface area contributed by atoms with E-state index >= 15 is 0 Å². The molecule has 0 fully saturated rings. The average Bonchev–Trinajstić information content (AvgIpc) is 3.15. The summed E-state index contributed by atoms with van der Waals surface area (Å²) in [6, 6.07) is 18.8. The zero-order valence-electron chi connectivity index (χ0n) is 19.5. The van der Waals surface area contributed by atoms with Gasteiger partial charge in [-0.25, -0.2) is 0 Å². The Balaban J connectivity index is 0.00000324. The van der Waals surface area contributed by atoms with Crippen LogP contribution in [0.5, 0.6) is 0 Å². The fraction of sp³-hybridized carbons (Fsp3) is 0.308. The summed E-state index contributed by atoms with van der Waals surface area (Å²) in [7, 11) is 2.11. The Hall–Kier alpha value is -2.58. The number of fused-ring (bicyclic) bond motifs is 2. The van der Waals surface area contributed by atoms with Crippen LogP contribution < -0.4 is 38.2 Å². The molecule has 1 aliphatic rings. The van der Waals surface area contributed by atoms with E-state index in [-0.39, 0.29) is 18.3 Å². The van der Waals surface area contributed by atoms with Crippen molar-refractivity contribution in [1.82, 2.24) is 10.6 Å². The first-order valence-electron chi connectivity index (χ1n) is 11.5. The Bertz CT molecular complexity index is 1150. The van der Waals surface area contributed by atoms with Gasteiger partial charge in [0, 0.05) is 30.6 Å². The van der Waals surface area contributed by atoms with Crippen molar-refractivity contribution in [2.24, 2.45) is 5.73 Å². The van der Waals surface area contributed by atoms with Crippen LogP contribution >= 0.6 is 11.8 Å². The van der Waals surface area contributed by atoms with Crippen LogP contribution in [0.4, 0.5) is 5.69 Å². The summed E-state index contributed by atoms with van der Waals surface area (Å²) in [6.45, 7) is 3.48. The maximum absolute atomic E-state index is 12.5. The number of thioether (sulfide) groups is 1. The van der Waals surface area contributed by atoms with Crippen LogP contribution in [0, 0.1) is 0 Å². The number of carbonyl (C=O) groups excluding carboxylic acids is 1. The van der Waals surface area contributed by atoms with E-state index in [4.69, 9.17) is 5.73 Å². The predicted octanol–water partition coefficient (Wildman–Crippen LogP) is 0.117. The van der Waals surface area contributed by atoms with Crippen molar-refractivity contribution in [2.45, 2.75) is 24.3 Å². The summed E-state index contributed by atoms with van der Waals surface area (Å²) < 4.78 is 2.02. The molecule has 2 heterocycles. The quantitative estimate of drug-likeness (QED) is 0.274. The fourth-order valence-electron chi connectivity index (χ4n) is 3.96. The monoisotopic (exact) mass is 497 g/mol. The van der Waals surface area contributed by atoms with Gasteiger partial charge in [0.15, 0.2) is 6.20 Å². The fourth-order valence-corrected chi connectivity index (χ4v) is 5.06. The molecule has 0 saturated carbocycles. The Morgan fingerprint density at radius 1 is 1.06 bits per heavy atom. The van der Waals surface area contributed by atoms with Gasteiger partial charge in [-0.3, -0.25) is 4.79 Å². The molecule has 0 atom stereocenters. The molecule has 0 unspecified atom stereocenters. The second-order valence-electron chi connectivity index (χ2n) is 8.12. The van der Waals surface area contributed by atoms with Crippen molar-refractivity contribution in [1.29, 1.82) is 0 Å². The standard InChI is InChI=1S/C26H31N5OS.ClH/c1-30-23-10-4-5-11-24(23)33-26(30)18-20-12-17-31(22-9-3-2-8-21(20)22)19-25(32)29-16-7-15-28-14-6-13-27;/h2-5,8-12,17-18,28H,6-7,13-16,19,27H2,1H3;1H. The first-order chi connectivity index (χ1) is 16.2. The zero-order chi connectivity index (χ0) is 23.0. The third kappa shape index (κ3) is 6.30. The van der Waals surface area contributed by atoms with E-state index in [1.807, 2.05) is 22.9 Å². The van der Waals surface area contributed by atoms with E-state index in [9.17, 15) is 4.79 Å². The van der Waals surface area contributed by atoms with Gasteiger partial charge in [0.05, 0.1) is 16.1 Å². The highest BCUT2D eigenvalue weighted by Crippen LogP contribution is 2.45. The summed E-state index contributed by atoms with van der Waals surface area (Å²) in [5.74, 6) is 0.0275. The van der Waals surface area contributed by atoms with Gasteiger partial charge in [-0.05, 0) is 62.3 Å². The van der Waals surface area contributed by atoms with Crippen LogP contribution in [0.3, 0.4) is 0 Å². The van der Waals surface area contributed by atoms with Crippen LogP contribution in [0.2, 0.25) is 0 Å². The van der Waals surface area contributed by atoms with E-state index in [1.165, 1.54) is 15.6 Å². The molecule has 2 aromatic carbocycles. The number of aromatic nitrogens is 1. The number of nitrogens with two attached hydrogens (primary N) is 1. The van der Waals surface area contributed by atoms with Crippen LogP contribution in [0.1, 0.15) is 18.4 Å². The van der Waals surface area contributed by atoms with Crippen molar-refractivity contribution < 1.29 is 21.8 Å². The summed E-state index contributed by atoms with van der Waals surface area (Å²) >= 11 is 1.78. The minimum absolute atomic E-state index is 0. The molecule has 0 spiro atoms. The number of nitrogens with zero attached hydrogens (tertiary/aromatic N) is 2. The number of para-hydroxylation sites is 2. The van der Waals surface area contributed by atoms with Gasteiger partial charge in [0.2, 0.25) is 12.1 Å². The molecule has 4 rings (SSSR count). The van der Waals surface area contributed by atoms with Gasteiger partial charge in [0.1, 0.15) is 0 Å². The number of amides is 1. The number of hydrogen-bond donors (Lipinski definition) is 3. The maximum atomic E-state index is 12.5. The normalized spacial score (nSPS) is 13.7. The summed E-state index contributed by atoms with van der Waals surface area (Å²) in [5, 5.41) is 8.69. The molecule has 0 bridgehead atoms. The van der Waals surface area contributed by atoms with Gasteiger partial charge < -0.3 is 33.7 Å². The lowest BCUT2D eigenvalue weighted by Crippen LogP contribution is -3.00. The van der Waals surface area contributed by atoms with Gasteiger partial charge in [-0.2, -0.15) is 4.57 Å². The number of halogens is 1. The highest BCUT2D eigenvalue weighted by atomic mass is 35.5. The molecular weight excluding hydrogens is 466 g/mol. The predicted molar refractivity (Wildman–Crippen MR) is 137 cm³/mol. The molecule has 180 valence electrons. The molecule has 0 aliphatic carbocycles. The second kappa shape index (κ2) is 12.8. The molecule has 1 aromatic heterocycles. The Morgan fingerprint density at radius 3 is 2.65 bits per heavy atom. The molecule has 3 aromatic rings. The molecule has 4 N–H and O–H groups in total. The lowest BCUT2D eigenvalue weighted by Gasteiger charge is -2.13. The van der Waals surface area contributed by atoms with E-state index < -0.39 is 0 Å². The molecule has 1 amide bonds. The molecule has 34 heavy (non-hydrogen) atoms. The van der Waals surface area contributed by atoms with Crippen LogP contribution in [0.25, 0.3) is 17.0 Å². The van der Waals surface area contributed by atoms with Crippen molar-refractivity contribution >= 4 is 40.3 Å². The first-order valence-corrected chi connectivity index (χ1v) is 12.3. The lowest BCUT2D eigenvalue weighted by atomic mass is 10.1. The summed E-state index contributed by atoms with van der Waals surface area (Å²) in [5.41, 5.74) is 8.92. The van der Waals surface area contributed by atoms with Crippen LogP contribution in [-0.2, 0) is 11.3 Å². The van der Waals surface area contributed by atoms with Crippen molar-refractivity contribution in [2.75, 3.05) is 38.1 Å². The molecule has 0 saturated heterocycles. The minimum Gasteiger partial charge on any atom is -1.00 e. The summed E-state index contributed by atoms with van der Waals surface area (Å²) in [4.78, 5) is 16.0. The highest BCUT2D eigenvalue weighted by molar-refractivity contribution is 8.03. The Morgan fingerprint density at radius 2 is 1.82 bits per heavy atom. The number of nitrogens with one attached hydrogen (secondary N) is 2. The van der Waals surface area contributed by atoms with Crippen molar-refractivity contribution in [3.05, 3.63) is 71.4 Å². The van der Waals surface area contributed by atoms with Gasteiger partial charge in [0.25, 0.3) is 5.91 Å². The minimum atomic E-state index is 0. The molecule has 0 radical (unpaired) electrons. The Labute approximate surface area is 212 Å². The van der Waals surface area contributed by atoms with Gasteiger partial charge in [-0.15, -0.1) is 0 Å². The number of anilines is 1. The van der Waals surface area contributed by atoms with E-state index in [0.29, 0.717) is 19.6 Å². The molecule has 1 aliphatic heterocycles. The van der Waals surface area contributed by atoms with E-state index in [1.54, 1.807) is 11.8 Å². The van der Waals surface area contributed by atoms with E-state index in [2.05, 4.69) is 71.1 Å². The van der Waals surface area contributed by atoms with Crippen LogP contribution in [-0.4, -0.2) is 39.1 Å². The van der Waals surface area contributed by atoms with Gasteiger partial charge >= 0.3 is 0 Å². The molecule has 6 nitrogen and oxygen atoms in total. The third-order valence-corrected chi connectivity index (χ3v) is 6.90. The van der Waals surface area contributed by atoms with Crippen molar-refractivity contribution in [3.8, 4) is 0 Å². The number of rotatable bonds is 10.